The molecule has 0 saturated carbocycles. The Balaban J connectivity index is 2.19. The summed E-state index contributed by atoms with van der Waals surface area (Å²) in [6.45, 7) is 0.0995. The zero-order chi connectivity index (χ0) is 18.7. The van der Waals surface area contributed by atoms with E-state index < -0.39 is 11.7 Å². The first-order chi connectivity index (χ1) is 12.6. The molecule has 7 heteroatoms. The maximum absolute atomic E-state index is 14.2. The van der Waals surface area contributed by atoms with Gasteiger partial charge in [-0.2, -0.15) is 4.99 Å². The molecule has 0 aliphatic carbocycles. The van der Waals surface area contributed by atoms with E-state index in [0.717, 1.165) is 0 Å². The second-order valence-corrected chi connectivity index (χ2v) is 6.25. The van der Waals surface area contributed by atoms with E-state index in [4.69, 9.17) is 15.9 Å². The fourth-order valence-corrected chi connectivity index (χ4v) is 3.58. The van der Waals surface area contributed by atoms with Crippen LogP contribution in [0.25, 0.3) is 10.2 Å². The number of ether oxygens (including phenoxy) is 2. The maximum atomic E-state index is 14.2. The third-order valence-corrected chi connectivity index (χ3v) is 4.78. The van der Waals surface area contributed by atoms with Gasteiger partial charge in [-0.1, -0.05) is 23.3 Å². The lowest BCUT2D eigenvalue weighted by Gasteiger charge is -2.07. The van der Waals surface area contributed by atoms with Gasteiger partial charge in [-0.3, -0.25) is 4.79 Å². The summed E-state index contributed by atoms with van der Waals surface area (Å²) in [7, 11) is 2.97. The van der Waals surface area contributed by atoms with E-state index in [1.807, 2.05) is 0 Å². The van der Waals surface area contributed by atoms with Gasteiger partial charge < -0.3 is 14.0 Å². The fourth-order valence-electron chi connectivity index (χ4n) is 2.54. The predicted octanol–water partition coefficient (Wildman–Crippen LogP) is 3.23. The summed E-state index contributed by atoms with van der Waals surface area (Å²) in [4.78, 5) is 17.2. The number of nitrogens with zero attached hydrogens (tertiary/aromatic N) is 2. The zero-order valence-corrected chi connectivity index (χ0v) is 15.0. The van der Waals surface area contributed by atoms with Crippen molar-refractivity contribution in [2.75, 3.05) is 14.2 Å². The molecule has 132 valence electrons. The van der Waals surface area contributed by atoms with Crippen molar-refractivity contribution in [2.24, 2.45) is 4.99 Å². The molecule has 0 N–H and O–H groups in total. The Bertz CT molecular complexity index is 1090. The fraction of sp³-hybridized carbons (Fsp3) is 0.158. The number of fused-ring (bicyclic) bond motifs is 1. The molecule has 0 fully saturated rings. The number of halogens is 1. The van der Waals surface area contributed by atoms with Gasteiger partial charge in [0.1, 0.15) is 17.3 Å². The first-order valence-electron chi connectivity index (χ1n) is 7.61. The number of amides is 1. The van der Waals surface area contributed by atoms with Crippen LogP contribution in [0.4, 0.5) is 4.39 Å². The summed E-state index contributed by atoms with van der Waals surface area (Å²) < 4.78 is 26.8. The first-order valence-corrected chi connectivity index (χ1v) is 8.43. The van der Waals surface area contributed by atoms with Crippen LogP contribution < -0.4 is 14.3 Å². The summed E-state index contributed by atoms with van der Waals surface area (Å²) in [5, 5.41) is 0. The number of carbonyl (C=O) groups excluding carboxylic acids is 1. The van der Waals surface area contributed by atoms with E-state index in [2.05, 4.69) is 10.9 Å². The molecule has 5 nitrogen and oxygen atoms in total. The van der Waals surface area contributed by atoms with Crippen LogP contribution in [0.3, 0.4) is 0 Å². The summed E-state index contributed by atoms with van der Waals surface area (Å²) in [5.41, 5.74) is 0.580. The van der Waals surface area contributed by atoms with Crippen LogP contribution in [-0.4, -0.2) is 24.7 Å². The van der Waals surface area contributed by atoms with Crippen molar-refractivity contribution in [2.45, 2.75) is 6.54 Å². The number of rotatable bonds is 4. The van der Waals surface area contributed by atoms with Gasteiger partial charge in [0.2, 0.25) is 0 Å². The van der Waals surface area contributed by atoms with Gasteiger partial charge in [-0.25, -0.2) is 4.39 Å². The maximum Gasteiger partial charge on any atom is 0.283 e. The number of hydrogen-bond acceptors (Lipinski definition) is 4. The van der Waals surface area contributed by atoms with Crippen molar-refractivity contribution in [1.29, 1.82) is 0 Å². The number of thiazole rings is 1. The molecular formula is C19H15FN2O3S. The summed E-state index contributed by atoms with van der Waals surface area (Å²) in [6.07, 6.45) is 5.40. The van der Waals surface area contributed by atoms with Crippen LogP contribution in [0.5, 0.6) is 11.5 Å². The Labute approximate surface area is 153 Å². The second kappa shape index (κ2) is 7.42. The Hall–Kier alpha value is -3.11. The second-order valence-electron chi connectivity index (χ2n) is 5.24. The number of carbonyl (C=O) groups is 1. The summed E-state index contributed by atoms with van der Waals surface area (Å²) in [5.74, 6) is 2.40. The third-order valence-electron chi connectivity index (χ3n) is 3.74. The van der Waals surface area contributed by atoms with Crippen LogP contribution >= 0.6 is 11.3 Å². The molecule has 0 aliphatic heterocycles. The van der Waals surface area contributed by atoms with E-state index in [1.165, 1.54) is 36.2 Å². The van der Waals surface area contributed by atoms with Gasteiger partial charge in [0, 0.05) is 0 Å². The highest BCUT2D eigenvalue weighted by Gasteiger charge is 2.15. The van der Waals surface area contributed by atoms with Gasteiger partial charge in [0.15, 0.2) is 4.80 Å². The van der Waals surface area contributed by atoms with Crippen molar-refractivity contribution >= 4 is 27.5 Å². The predicted molar refractivity (Wildman–Crippen MR) is 98.0 cm³/mol. The van der Waals surface area contributed by atoms with E-state index in [0.29, 0.717) is 26.5 Å². The molecule has 0 atom stereocenters. The molecule has 2 aromatic carbocycles. The third kappa shape index (κ3) is 3.19. The topological polar surface area (TPSA) is 52.8 Å². The minimum atomic E-state index is -0.529. The van der Waals surface area contributed by atoms with Crippen LogP contribution in [0.15, 0.2) is 41.4 Å². The molecule has 0 saturated heterocycles. The number of hydrogen-bond donors (Lipinski definition) is 0. The van der Waals surface area contributed by atoms with E-state index in [-0.39, 0.29) is 12.1 Å². The number of aromatic nitrogens is 1. The highest BCUT2D eigenvalue weighted by atomic mass is 32.1. The van der Waals surface area contributed by atoms with Crippen LogP contribution in [0, 0.1) is 18.2 Å². The SMILES string of the molecule is C#CCn1c(=NC(=O)c2cc(OC)ccc2OC)sc2cccc(F)c21. The smallest absolute Gasteiger partial charge is 0.283 e. The minimum Gasteiger partial charge on any atom is -0.497 e. The minimum absolute atomic E-state index is 0.0995. The first kappa shape index (κ1) is 17.7. The number of benzene rings is 2. The highest BCUT2D eigenvalue weighted by Crippen LogP contribution is 2.25. The average Bonchev–Trinajstić information content (AvgIpc) is 3.00. The Morgan fingerprint density at radius 1 is 1.31 bits per heavy atom. The van der Waals surface area contributed by atoms with Crippen LogP contribution in [-0.2, 0) is 6.54 Å². The van der Waals surface area contributed by atoms with Gasteiger partial charge in [0.05, 0.1) is 36.5 Å². The lowest BCUT2D eigenvalue weighted by Crippen LogP contribution is -2.17. The molecule has 0 radical (unpaired) electrons. The van der Waals surface area contributed by atoms with Gasteiger partial charge in [0.25, 0.3) is 5.91 Å². The van der Waals surface area contributed by atoms with E-state index >= 15 is 0 Å². The van der Waals surface area contributed by atoms with Gasteiger partial charge in [-0.15, -0.1) is 6.42 Å². The van der Waals surface area contributed by atoms with Crippen molar-refractivity contribution in [3.63, 3.8) is 0 Å². The van der Waals surface area contributed by atoms with Crippen molar-refractivity contribution in [3.05, 3.63) is 52.6 Å². The summed E-state index contributed by atoms with van der Waals surface area (Å²) >= 11 is 1.19. The molecule has 1 amide bonds. The molecule has 3 rings (SSSR count). The van der Waals surface area contributed by atoms with Crippen molar-refractivity contribution < 1.29 is 18.7 Å². The Morgan fingerprint density at radius 2 is 2.12 bits per heavy atom. The van der Waals surface area contributed by atoms with E-state index in [9.17, 15) is 9.18 Å². The molecule has 0 spiro atoms. The quantitative estimate of drug-likeness (QED) is 0.663. The molecule has 26 heavy (non-hydrogen) atoms. The van der Waals surface area contributed by atoms with E-state index in [1.54, 1.807) is 30.3 Å². The van der Waals surface area contributed by atoms with Crippen LogP contribution in [0.1, 0.15) is 10.4 Å². The lowest BCUT2D eigenvalue weighted by molar-refractivity contribution is 0.0994. The van der Waals surface area contributed by atoms with Gasteiger partial charge >= 0.3 is 0 Å². The normalized spacial score (nSPS) is 11.4. The van der Waals surface area contributed by atoms with Crippen molar-refractivity contribution in [3.8, 4) is 23.8 Å². The number of methoxy groups -OCH3 is 2. The molecule has 0 bridgehead atoms. The zero-order valence-electron chi connectivity index (χ0n) is 14.2. The largest absolute Gasteiger partial charge is 0.497 e. The van der Waals surface area contributed by atoms with Gasteiger partial charge in [-0.05, 0) is 30.3 Å². The molecule has 0 aliphatic rings. The molecule has 1 heterocycles. The number of terminal acetylenes is 1. The standard InChI is InChI=1S/C19H15FN2O3S/c1-4-10-22-17-14(20)6-5-7-16(17)26-19(22)21-18(23)13-11-12(24-2)8-9-15(13)25-3/h1,5-9,11H,10H2,2-3H3. The van der Waals surface area contributed by atoms with Crippen LogP contribution in [0.2, 0.25) is 0 Å². The Morgan fingerprint density at radius 3 is 2.81 bits per heavy atom. The summed E-state index contributed by atoms with van der Waals surface area (Å²) in [6, 6.07) is 9.56. The molecule has 0 unspecified atom stereocenters. The highest BCUT2D eigenvalue weighted by molar-refractivity contribution is 7.16. The van der Waals surface area contributed by atoms with Crippen molar-refractivity contribution in [1.82, 2.24) is 4.57 Å². The lowest BCUT2D eigenvalue weighted by atomic mass is 10.2. The average molecular weight is 370 g/mol. The Kier molecular flexibility index (Phi) is 5.05. The molecule has 3 aromatic rings. The monoisotopic (exact) mass is 370 g/mol. The molecule has 1 aromatic heterocycles. The molecular weight excluding hydrogens is 355 g/mol. The number of para-hydroxylation sites is 1.